The van der Waals surface area contributed by atoms with Crippen LogP contribution in [0.3, 0.4) is 0 Å². The lowest BCUT2D eigenvalue weighted by Gasteiger charge is -1.99. The van der Waals surface area contributed by atoms with Crippen molar-refractivity contribution >= 4 is 22.8 Å². The van der Waals surface area contributed by atoms with Crippen molar-refractivity contribution in [1.82, 2.24) is 0 Å². The molecule has 0 bridgehead atoms. The Balaban J connectivity index is 2.57. The van der Waals surface area contributed by atoms with Gasteiger partial charge in [-0.25, -0.2) is 4.79 Å². The summed E-state index contributed by atoms with van der Waals surface area (Å²) in [5, 5.41) is -0.0602. The van der Waals surface area contributed by atoms with Gasteiger partial charge >= 0.3 is 5.97 Å². The van der Waals surface area contributed by atoms with Gasteiger partial charge in [-0.1, -0.05) is 12.7 Å². The van der Waals surface area contributed by atoms with E-state index < -0.39 is 5.97 Å². The first kappa shape index (κ1) is 10.8. The SMILES string of the molecule is C=CC(=O)OCC1=C/C(=C/C)SC1=O. The molecule has 1 heterocycles. The molecular formula is C10H10O3S. The highest BCUT2D eigenvalue weighted by molar-refractivity contribution is 8.18. The van der Waals surface area contributed by atoms with Crippen molar-refractivity contribution in [1.29, 1.82) is 0 Å². The summed E-state index contributed by atoms with van der Waals surface area (Å²) < 4.78 is 4.75. The van der Waals surface area contributed by atoms with Gasteiger partial charge in [-0.3, -0.25) is 4.79 Å². The van der Waals surface area contributed by atoms with Crippen molar-refractivity contribution in [3.8, 4) is 0 Å². The fourth-order valence-electron chi connectivity index (χ4n) is 0.883. The molecule has 0 aromatic heterocycles. The molecule has 1 rings (SSSR count). The van der Waals surface area contributed by atoms with E-state index in [0.29, 0.717) is 5.57 Å². The van der Waals surface area contributed by atoms with Crippen LogP contribution in [0, 0.1) is 0 Å². The van der Waals surface area contributed by atoms with Crippen LogP contribution in [0.15, 0.2) is 35.3 Å². The van der Waals surface area contributed by atoms with Crippen LogP contribution in [0.1, 0.15) is 6.92 Å². The molecule has 0 fully saturated rings. The van der Waals surface area contributed by atoms with E-state index in [0.717, 1.165) is 22.7 Å². The van der Waals surface area contributed by atoms with Crippen LogP contribution in [0.4, 0.5) is 0 Å². The highest BCUT2D eigenvalue weighted by Gasteiger charge is 2.20. The van der Waals surface area contributed by atoms with E-state index in [-0.39, 0.29) is 11.7 Å². The van der Waals surface area contributed by atoms with Gasteiger partial charge in [0.1, 0.15) is 6.61 Å². The molecule has 4 heteroatoms. The second kappa shape index (κ2) is 4.81. The van der Waals surface area contributed by atoms with Gasteiger partial charge in [-0.05, 0) is 24.8 Å². The molecule has 0 saturated carbocycles. The summed E-state index contributed by atoms with van der Waals surface area (Å²) in [6.45, 7) is 5.13. The summed E-state index contributed by atoms with van der Waals surface area (Å²) in [6, 6.07) is 0. The van der Waals surface area contributed by atoms with Crippen LogP contribution in [0.25, 0.3) is 0 Å². The van der Waals surface area contributed by atoms with E-state index in [9.17, 15) is 9.59 Å². The molecular weight excluding hydrogens is 200 g/mol. The molecule has 0 N–H and O–H groups in total. The standard InChI is InChI=1S/C10H10O3S/c1-3-8-5-7(10(12)14-8)6-13-9(11)4-2/h3-5H,2,6H2,1H3/b8-3-. The van der Waals surface area contributed by atoms with E-state index in [1.54, 1.807) is 6.08 Å². The van der Waals surface area contributed by atoms with E-state index >= 15 is 0 Å². The van der Waals surface area contributed by atoms with E-state index in [1.165, 1.54) is 0 Å². The third kappa shape index (κ3) is 2.60. The molecule has 0 amide bonds. The van der Waals surface area contributed by atoms with Crippen LogP contribution >= 0.6 is 11.8 Å². The zero-order valence-electron chi connectivity index (χ0n) is 7.78. The zero-order valence-corrected chi connectivity index (χ0v) is 8.60. The Morgan fingerprint density at radius 3 is 2.93 bits per heavy atom. The lowest BCUT2D eigenvalue weighted by molar-refractivity contribution is -0.136. The van der Waals surface area contributed by atoms with Gasteiger partial charge < -0.3 is 4.74 Å². The number of carbonyl (C=O) groups excluding carboxylic acids is 2. The fraction of sp³-hybridized carbons (Fsp3) is 0.200. The number of allylic oxidation sites excluding steroid dienone is 2. The van der Waals surface area contributed by atoms with Crippen LogP contribution in [-0.2, 0) is 14.3 Å². The van der Waals surface area contributed by atoms with Gasteiger partial charge in [0, 0.05) is 16.6 Å². The smallest absolute Gasteiger partial charge is 0.330 e. The normalized spacial score (nSPS) is 18.2. The van der Waals surface area contributed by atoms with Crippen molar-refractivity contribution in [3.63, 3.8) is 0 Å². The van der Waals surface area contributed by atoms with Crippen LogP contribution in [0.5, 0.6) is 0 Å². The largest absolute Gasteiger partial charge is 0.457 e. The molecule has 0 radical (unpaired) electrons. The molecule has 0 aliphatic carbocycles. The monoisotopic (exact) mass is 210 g/mol. The zero-order chi connectivity index (χ0) is 10.6. The van der Waals surface area contributed by atoms with Crippen LogP contribution in [-0.4, -0.2) is 17.7 Å². The first-order valence-electron chi connectivity index (χ1n) is 4.05. The average Bonchev–Trinajstić information content (AvgIpc) is 2.55. The molecule has 0 atom stereocenters. The Kier molecular flexibility index (Phi) is 3.71. The second-order valence-corrected chi connectivity index (χ2v) is 3.61. The minimum atomic E-state index is -0.516. The second-order valence-electron chi connectivity index (χ2n) is 2.56. The summed E-state index contributed by atoms with van der Waals surface area (Å²) in [7, 11) is 0. The molecule has 0 unspecified atom stereocenters. The molecule has 3 nitrogen and oxygen atoms in total. The van der Waals surface area contributed by atoms with Crippen LogP contribution in [0.2, 0.25) is 0 Å². The topological polar surface area (TPSA) is 43.4 Å². The van der Waals surface area contributed by atoms with Gasteiger partial charge in [0.25, 0.3) is 0 Å². The predicted molar refractivity (Wildman–Crippen MR) is 55.6 cm³/mol. The first-order valence-corrected chi connectivity index (χ1v) is 4.87. The lowest BCUT2D eigenvalue weighted by atomic mass is 10.3. The third-order valence-electron chi connectivity index (χ3n) is 1.61. The summed E-state index contributed by atoms with van der Waals surface area (Å²) in [4.78, 5) is 22.9. The Morgan fingerprint density at radius 1 is 1.71 bits per heavy atom. The van der Waals surface area contributed by atoms with Gasteiger partial charge in [0.2, 0.25) is 5.12 Å². The third-order valence-corrected chi connectivity index (χ3v) is 2.65. The first-order chi connectivity index (χ1) is 6.67. The minimum absolute atomic E-state index is 0.0219. The maximum absolute atomic E-state index is 11.3. The van der Waals surface area contributed by atoms with Crippen molar-refractivity contribution < 1.29 is 14.3 Å². The molecule has 0 aromatic carbocycles. The average molecular weight is 210 g/mol. The number of ether oxygens (including phenoxy) is 1. The van der Waals surface area contributed by atoms with Gasteiger partial charge in [-0.15, -0.1) is 0 Å². The van der Waals surface area contributed by atoms with Crippen molar-refractivity contribution in [2.24, 2.45) is 0 Å². The molecule has 1 aliphatic heterocycles. The van der Waals surface area contributed by atoms with Gasteiger partial charge in [0.15, 0.2) is 0 Å². The summed E-state index contributed by atoms with van der Waals surface area (Å²) >= 11 is 1.15. The van der Waals surface area contributed by atoms with Gasteiger partial charge in [-0.2, -0.15) is 0 Å². The number of esters is 1. The van der Waals surface area contributed by atoms with E-state index in [1.807, 2.05) is 13.0 Å². The highest BCUT2D eigenvalue weighted by atomic mass is 32.2. The minimum Gasteiger partial charge on any atom is -0.457 e. The number of rotatable bonds is 3. The Morgan fingerprint density at radius 2 is 2.43 bits per heavy atom. The van der Waals surface area contributed by atoms with E-state index in [4.69, 9.17) is 4.74 Å². The number of hydrogen-bond acceptors (Lipinski definition) is 4. The summed E-state index contributed by atoms with van der Waals surface area (Å²) in [6.07, 6.45) is 4.64. The summed E-state index contributed by atoms with van der Waals surface area (Å²) in [5.74, 6) is -0.516. The summed E-state index contributed by atoms with van der Waals surface area (Å²) in [5.41, 5.74) is 0.512. The molecule has 0 spiro atoms. The highest BCUT2D eigenvalue weighted by Crippen LogP contribution is 2.30. The Labute approximate surface area is 86.5 Å². The quantitative estimate of drug-likeness (QED) is 0.526. The number of hydrogen-bond donors (Lipinski definition) is 0. The van der Waals surface area contributed by atoms with Gasteiger partial charge in [0.05, 0.1) is 0 Å². The van der Waals surface area contributed by atoms with E-state index in [2.05, 4.69) is 6.58 Å². The molecule has 74 valence electrons. The maximum atomic E-state index is 11.3. The van der Waals surface area contributed by atoms with Crippen molar-refractivity contribution in [2.75, 3.05) is 6.61 Å². The molecule has 1 aliphatic rings. The Hall–Kier alpha value is -1.29. The van der Waals surface area contributed by atoms with Crippen molar-refractivity contribution in [2.45, 2.75) is 6.92 Å². The molecule has 14 heavy (non-hydrogen) atoms. The maximum Gasteiger partial charge on any atom is 0.330 e. The van der Waals surface area contributed by atoms with Crippen LogP contribution < -0.4 is 0 Å². The predicted octanol–water partition coefficient (Wildman–Crippen LogP) is 1.82. The number of carbonyl (C=O) groups is 2. The fourth-order valence-corrected chi connectivity index (χ4v) is 1.67. The molecule has 0 aromatic rings. The Bertz CT molecular complexity index is 339. The number of thioether (sulfide) groups is 1. The molecule has 0 saturated heterocycles. The lowest BCUT2D eigenvalue weighted by Crippen LogP contribution is -2.06. The van der Waals surface area contributed by atoms with Crippen molar-refractivity contribution in [3.05, 3.63) is 35.3 Å².